The number of carboxylic acids is 1. The topological polar surface area (TPSA) is 73.4 Å². The molecule has 8 heteroatoms. The highest BCUT2D eigenvalue weighted by Gasteiger charge is 2.31. The standard InChI is InChI=1S/C20H15F3N2O3/c21-20(22,23)13-4-1-11(2-5-13)18(26)25-8-7-17-15(10-25)14-9-12(19(27)28)3-6-16(14)24-17/h1-6,9,24H,7-8,10H2,(H,27,28). The summed E-state index contributed by atoms with van der Waals surface area (Å²) in [5.41, 5.74) is 2.10. The zero-order chi connectivity index (χ0) is 20.1. The summed E-state index contributed by atoms with van der Waals surface area (Å²) < 4.78 is 38.1. The SMILES string of the molecule is O=C(O)c1ccc2[nH]c3c(c2c1)CN(C(=O)c1ccc(C(F)(F)F)cc1)CC3. The van der Waals surface area contributed by atoms with Crippen LogP contribution in [0.1, 0.15) is 37.5 Å². The average Bonchev–Trinajstić information content (AvgIpc) is 3.03. The summed E-state index contributed by atoms with van der Waals surface area (Å²) in [5, 5.41) is 9.94. The van der Waals surface area contributed by atoms with Crippen LogP contribution in [0.3, 0.4) is 0 Å². The summed E-state index contributed by atoms with van der Waals surface area (Å²) in [6.45, 7) is 0.684. The van der Waals surface area contributed by atoms with E-state index in [1.165, 1.54) is 18.2 Å². The monoisotopic (exact) mass is 388 g/mol. The van der Waals surface area contributed by atoms with E-state index in [1.807, 2.05) is 0 Å². The maximum Gasteiger partial charge on any atom is 0.416 e. The van der Waals surface area contributed by atoms with E-state index in [4.69, 9.17) is 0 Å². The van der Waals surface area contributed by atoms with Gasteiger partial charge in [-0.05, 0) is 42.5 Å². The van der Waals surface area contributed by atoms with Gasteiger partial charge in [-0.1, -0.05) is 0 Å². The molecule has 5 nitrogen and oxygen atoms in total. The van der Waals surface area contributed by atoms with E-state index < -0.39 is 17.7 Å². The third-order valence-corrected chi connectivity index (χ3v) is 4.97. The van der Waals surface area contributed by atoms with Gasteiger partial charge in [0, 0.05) is 47.2 Å². The number of fused-ring (bicyclic) bond motifs is 3. The Morgan fingerprint density at radius 1 is 1.04 bits per heavy atom. The largest absolute Gasteiger partial charge is 0.478 e. The van der Waals surface area contributed by atoms with Crippen LogP contribution in [0.25, 0.3) is 10.9 Å². The van der Waals surface area contributed by atoms with E-state index >= 15 is 0 Å². The number of aromatic carboxylic acids is 1. The van der Waals surface area contributed by atoms with Crippen molar-refractivity contribution in [3.8, 4) is 0 Å². The molecule has 0 unspecified atom stereocenters. The van der Waals surface area contributed by atoms with Crippen LogP contribution in [0.5, 0.6) is 0 Å². The van der Waals surface area contributed by atoms with Gasteiger partial charge in [0.15, 0.2) is 0 Å². The first-order valence-electron chi connectivity index (χ1n) is 8.57. The van der Waals surface area contributed by atoms with Crippen molar-refractivity contribution in [2.24, 2.45) is 0 Å². The summed E-state index contributed by atoms with van der Waals surface area (Å²) in [6.07, 6.45) is -3.90. The summed E-state index contributed by atoms with van der Waals surface area (Å²) >= 11 is 0. The number of halogens is 3. The molecule has 1 amide bonds. The summed E-state index contributed by atoms with van der Waals surface area (Å²) in [6, 6.07) is 8.92. The molecule has 4 rings (SSSR count). The Labute approximate surface area is 157 Å². The molecule has 0 atom stereocenters. The van der Waals surface area contributed by atoms with Gasteiger partial charge < -0.3 is 15.0 Å². The lowest BCUT2D eigenvalue weighted by Crippen LogP contribution is -2.35. The number of H-pyrrole nitrogens is 1. The van der Waals surface area contributed by atoms with Gasteiger partial charge in [0.05, 0.1) is 11.1 Å². The van der Waals surface area contributed by atoms with Crippen LogP contribution in [0, 0.1) is 0 Å². The number of rotatable bonds is 2. The zero-order valence-corrected chi connectivity index (χ0v) is 14.5. The van der Waals surface area contributed by atoms with Crippen molar-refractivity contribution in [1.29, 1.82) is 0 Å². The number of carbonyl (C=O) groups is 2. The molecule has 2 aromatic carbocycles. The maximum atomic E-state index is 12.7. The molecule has 2 heterocycles. The number of carbonyl (C=O) groups excluding carboxylic acids is 1. The van der Waals surface area contributed by atoms with Crippen molar-refractivity contribution < 1.29 is 27.9 Å². The van der Waals surface area contributed by atoms with E-state index in [0.717, 1.165) is 34.3 Å². The molecule has 0 radical (unpaired) electrons. The van der Waals surface area contributed by atoms with Gasteiger partial charge in [-0.15, -0.1) is 0 Å². The molecule has 0 bridgehead atoms. The second kappa shape index (κ2) is 6.40. The van der Waals surface area contributed by atoms with Crippen LogP contribution in [-0.4, -0.2) is 33.4 Å². The molecule has 3 aromatic rings. The van der Waals surface area contributed by atoms with Crippen molar-refractivity contribution in [3.63, 3.8) is 0 Å². The molecule has 0 saturated carbocycles. The van der Waals surface area contributed by atoms with E-state index in [1.54, 1.807) is 17.0 Å². The molecular formula is C20H15F3N2O3. The Kier molecular flexibility index (Phi) is 4.14. The normalized spacial score (nSPS) is 14.2. The van der Waals surface area contributed by atoms with Crippen LogP contribution in [0.15, 0.2) is 42.5 Å². The van der Waals surface area contributed by atoms with Crippen molar-refractivity contribution >= 4 is 22.8 Å². The molecule has 1 aromatic heterocycles. The predicted octanol–water partition coefficient (Wildman–Crippen LogP) is 4.08. The number of aromatic amines is 1. The lowest BCUT2D eigenvalue weighted by Gasteiger charge is -2.27. The van der Waals surface area contributed by atoms with Crippen LogP contribution in [-0.2, 0) is 19.1 Å². The average molecular weight is 388 g/mol. The maximum absolute atomic E-state index is 12.7. The van der Waals surface area contributed by atoms with E-state index in [9.17, 15) is 27.9 Å². The zero-order valence-electron chi connectivity index (χ0n) is 14.5. The fourth-order valence-electron chi connectivity index (χ4n) is 3.50. The fourth-order valence-corrected chi connectivity index (χ4v) is 3.50. The molecule has 0 fully saturated rings. The number of hydrogen-bond acceptors (Lipinski definition) is 2. The van der Waals surface area contributed by atoms with Gasteiger partial charge in [0.25, 0.3) is 5.91 Å². The summed E-state index contributed by atoms with van der Waals surface area (Å²) in [7, 11) is 0. The van der Waals surface area contributed by atoms with E-state index in [0.29, 0.717) is 13.0 Å². The van der Waals surface area contributed by atoms with Gasteiger partial charge in [-0.2, -0.15) is 13.2 Å². The second-order valence-corrected chi connectivity index (χ2v) is 6.70. The Morgan fingerprint density at radius 2 is 1.71 bits per heavy atom. The van der Waals surface area contributed by atoms with E-state index in [2.05, 4.69) is 4.98 Å². The highest BCUT2D eigenvalue weighted by atomic mass is 19.4. The molecule has 2 N–H and O–H groups in total. The van der Waals surface area contributed by atoms with Gasteiger partial charge >= 0.3 is 12.1 Å². The second-order valence-electron chi connectivity index (χ2n) is 6.70. The predicted molar refractivity (Wildman–Crippen MR) is 95.1 cm³/mol. The number of nitrogens with zero attached hydrogens (tertiary/aromatic N) is 1. The lowest BCUT2D eigenvalue weighted by molar-refractivity contribution is -0.137. The Bertz CT molecular complexity index is 1080. The molecule has 28 heavy (non-hydrogen) atoms. The first kappa shape index (κ1) is 18.1. The summed E-state index contributed by atoms with van der Waals surface area (Å²) in [4.78, 5) is 28.8. The van der Waals surface area contributed by atoms with Crippen LogP contribution < -0.4 is 0 Å². The number of aromatic nitrogens is 1. The third-order valence-electron chi connectivity index (χ3n) is 4.97. The number of benzene rings is 2. The van der Waals surface area contributed by atoms with Crippen molar-refractivity contribution in [3.05, 3.63) is 70.4 Å². The number of carboxylic acid groups (broad SMARTS) is 1. The van der Waals surface area contributed by atoms with Crippen LogP contribution in [0.2, 0.25) is 0 Å². The summed E-state index contributed by atoms with van der Waals surface area (Å²) in [5.74, 6) is -1.39. The number of amides is 1. The van der Waals surface area contributed by atoms with Gasteiger partial charge in [-0.25, -0.2) is 4.79 Å². The van der Waals surface area contributed by atoms with Crippen LogP contribution in [0.4, 0.5) is 13.2 Å². The minimum atomic E-state index is -4.45. The number of hydrogen-bond donors (Lipinski definition) is 2. The first-order chi connectivity index (χ1) is 13.2. The number of nitrogens with one attached hydrogen (secondary N) is 1. The van der Waals surface area contributed by atoms with Gasteiger partial charge in [0.1, 0.15) is 0 Å². The fraction of sp³-hybridized carbons (Fsp3) is 0.200. The smallest absolute Gasteiger partial charge is 0.416 e. The molecule has 0 aliphatic carbocycles. The van der Waals surface area contributed by atoms with Crippen LogP contribution >= 0.6 is 0 Å². The molecule has 1 aliphatic rings. The Balaban J connectivity index is 1.62. The highest BCUT2D eigenvalue weighted by molar-refractivity contribution is 5.97. The molecule has 144 valence electrons. The van der Waals surface area contributed by atoms with E-state index in [-0.39, 0.29) is 23.6 Å². The minimum absolute atomic E-state index is 0.153. The Hall–Kier alpha value is -3.29. The minimum Gasteiger partial charge on any atom is -0.478 e. The number of alkyl halides is 3. The quantitative estimate of drug-likeness (QED) is 0.695. The molecule has 0 saturated heterocycles. The van der Waals surface area contributed by atoms with Gasteiger partial charge in [-0.3, -0.25) is 4.79 Å². The highest BCUT2D eigenvalue weighted by Crippen LogP contribution is 2.31. The molecular weight excluding hydrogens is 373 g/mol. The third kappa shape index (κ3) is 3.11. The Morgan fingerprint density at radius 3 is 2.36 bits per heavy atom. The van der Waals surface area contributed by atoms with Crippen molar-refractivity contribution in [2.75, 3.05) is 6.54 Å². The molecule has 0 spiro atoms. The van der Waals surface area contributed by atoms with Gasteiger partial charge in [0.2, 0.25) is 0 Å². The lowest BCUT2D eigenvalue weighted by atomic mass is 10.0. The first-order valence-corrected chi connectivity index (χ1v) is 8.57. The van der Waals surface area contributed by atoms with Crippen molar-refractivity contribution in [2.45, 2.75) is 19.1 Å². The van der Waals surface area contributed by atoms with Crippen molar-refractivity contribution in [1.82, 2.24) is 9.88 Å². The molecule has 1 aliphatic heterocycles.